The number of nitrogens with one attached hydrogen (secondary N) is 2. The maximum Gasteiger partial charge on any atom is 0.235 e. The molecule has 2 aromatic rings. The average Bonchev–Trinajstić information content (AvgIpc) is 3.10. The van der Waals surface area contributed by atoms with Gasteiger partial charge < -0.3 is 15.2 Å². The molecule has 7 nitrogen and oxygen atoms in total. The minimum atomic E-state index is -0.212. The smallest absolute Gasteiger partial charge is 0.235 e. The summed E-state index contributed by atoms with van der Waals surface area (Å²) in [6, 6.07) is 12.0. The maximum atomic E-state index is 12.2. The molecule has 0 spiro atoms. The molecule has 28 heavy (non-hydrogen) atoms. The zero-order valence-electron chi connectivity index (χ0n) is 16.6. The third-order valence-electron chi connectivity index (χ3n) is 4.29. The second-order valence-corrected chi connectivity index (χ2v) is 7.30. The predicted molar refractivity (Wildman–Crippen MR) is 112 cm³/mol. The lowest BCUT2D eigenvalue weighted by Gasteiger charge is -2.30. The summed E-state index contributed by atoms with van der Waals surface area (Å²) in [4.78, 5) is 26.4. The lowest BCUT2D eigenvalue weighted by Crippen LogP contribution is -2.38. The number of benzene rings is 1. The van der Waals surface area contributed by atoms with Crippen molar-refractivity contribution in [2.24, 2.45) is 0 Å². The zero-order chi connectivity index (χ0) is 20.4. The van der Waals surface area contributed by atoms with Gasteiger partial charge in [-0.15, -0.1) is 11.8 Å². The van der Waals surface area contributed by atoms with E-state index in [1.165, 1.54) is 17.3 Å². The van der Waals surface area contributed by atoms with E-state index in [1.807, 2.05) is 18.2 Å². The first kappa shape index (κ1) is 22.0. The Hall–Kier alpha value is -2.32. The molecule has 1 atom stereocenters. The number of aromatic nitrogens is 1. The number of amides is 2. The monoisotopic (exact) mass is 404 g/mol. The normalized spacial score (nSPS) is 12.0. The summed E-state index contributed by atoms with van der Waals surface area (Å²) >= 11 is 1.27. The number of carbonyl (C=O) groups excluding carboxylic acids is 2. The highest BCUT2D eigenvalue weighted by Gasteiger charge is 2.18. The molecule has 0 fully saturated rings. The highest BCUT2D eigenvalue weighted by atomic mass is 32.2. The number of rotatable bonds is 11. The summed E-state index contributed by atoms with van der Waals surface area (Å²) in [5.41, 5.74) is 1.18. The average molecular weight is 405 g/mol. The Bertz CT molecular complexity index is 747. The summed E-state index contributed by atoms with van der Waals surface area (Å²) in [7, 11) is 0. The first-order valence-corrected chi connectivity index (χ1v) is 10.6. The number of thioether (sulfide) groups is 1. The standard InChI is InChI=1S/C20H28N4O3S/c1-4-24(5-2)17(16-9-7-6-8-10-16)12-21-19(25)13-28-14-20(26)22-18-11-15(3)27-23-18/h6-11,17H,4-5,12-14H2,1-3H3,(H,21,25)(H,22,23,26). The summed E-state index contributed by atoms with van der Waals surface area (Å²) in [5, 5.41) is 9.34. The number of carbonyl (C=O) groups is 2. The van der Waals surface area contributed by atoms with Gasteiger partial charge in [0.1, 0.15) is 5.76 Å². The van der Waals surface area contributed by atoms with Crippen molar-refractivity contribution in [2.75, 3.05) is 36.5 Å². The minimum Gasteiger partial charge on any atom is -0.360 e. The summed E-state index contributed by atoms with van der Waals surface area (Å²) in [6.07, 6.45) is 0. The SMILES string of the molecule is CCN(CC)C(CNC(=O)CSCC(=O)Nc1cc(C)on1)c1ccccc1. The Morgan fingerprint density at radius 2 is 1.82 bits per heavy atom. The van der Waals surface area contributed by atoms with E-state index in [0.717, 1.165) is 13.1 Å². The Balaban J connectivity index is 1.77. The molecule has 0 aliphatic heterocycles. The van der Waals surface area contributed by atoms with Crippen LogP contribution in [0.2, 0.25) is 0 Å². The van der Waals surface area contributed by atoms with Crippen molar-refractivity contribution in [1.82, 2.24) is 15.4 Å². The molecule has 2 amide bonds. The van der Waals surface area contributed by atoms with Crippen LogP contribution in [-0.2, 0) is 9.59 Å². The van der Waals surface area contributed by atoms with E-state index in [9.17, 15) is 9.59 Å². The summed E-state index contributed by atoms with van der Waals surface area (Å²) < 4.78 is 4.90. The van der Waals surface area contributed by atoms with E-state index in [0.29, 0.717) is 18.1 Å². The van der Waals surface area contributed by atoms with Crippen LogP contribution < -0.4 is 10.6 Å². The molecular weight excluding hydrogens is 376 g/mol. The van der Waals surface area contributed by atoms with Gasteiger partial charge in [0.05, 0.1) is 17.5 Å². The molecule has 2 rings (SSSR count). The number of hydrogen-bond donors (Lipinski definition) is 2. The van der Waals surface area contributed by atoms with Crippen LogP contribution in [0.3, 0.4) is 0 Å². The third-order valence-corrected chi connectivity index (χ3v) is 5.22. The van der Waals surface area contributed by atoms with Crippen LogP contribution in [0.25, 0.3) is 0 Å². The molecular formula is C20H28N4O3S. The van der Waals surface area contributed by atoms with Gasteiger partial charge in [-0.3, -0.25) is 14.5 Å². The summed E-state index contributed by atoms with van der Waals surface area (Å²) in [5.74, 6) is 1.13. The topological polar surface area (TPSA) is 87.5 Å². The van der Waals surface area contributed by atoms with Crippen molar-refractivity contribution in [3.05, 3.63) is 47.7 Å². The predicted octanol–water partition coefficient (Wildman–Crippen LogP) is 2.85. The molecule has 1 aromatic heterocycles. The number of hydrogen-bond acceptors (Lipinski definition) is 6. The first-order valence-electron chi connectivity index (χ1n) is 9.40. The molecule has 8 heteroatoms. The van der Waals surface area contributed by atoms with E-state index < -0.39 is 0 Å². The molecule has 0 bridgehead atoms. The van der Waals surface area contributed by atoms with Crippen LogP contribution in [0.15, 0.2) is 40.9 Å². The zero-order valence-corrected chi connectivity index (χ0v) is 17.4. The molecule has 152 valence electrons. The van der Waals surface area contributed by atoms with Crippen molar-refractivity contribution < 1.29 is 14.1 Å². The van der Waals surface area contributed by atoms with Crippen molar-refractivity contribution in [3.63, 3.8) is 0 Å². The van der Waals surface area contributed by atoms with Crippen LogP contribution >= 0.6 is 11.8 Å². The molecule has 1 aromatic carbocycles. The van der Waals surface area contributed by atoms with Crippen LogP contribution in [0.4, 0.5) is 5.82 Å². The van der Waals surface area contributed by atoms with Crippen molar-refractivity contribution in [2.45, 2.75) is 26.8 Å². The van der Waals surface area contributed by atoms with E-state index in [1.54, 1.807) is 13.0 Å². The molecule has 1 unspecified atom stereocenters. The first-order chi connectivity index (χ1) is 13.5. The third kappa shape index (κ3) is 7.01. The van der Waals surface area contributed by atoms with Gasteiger partial charge in [-0.2, -0.15) is 0 Å². The van der Waals surface area contributed by atoms with Gasteiger partial charge in [-0.25, -0.2) is 0 Å². The lowest BCUT2D eigenvalue weighted by atomic mass is 10.1. The fraction of sp³-hybridized carbons (Fsp3) is 0.450. The van der Waals surface area contributed by atoms with Crippen molar-refractivity contribution in [1.29, 1.82) is 0 Å². The molecule has 0 saturated carbocycles. The van der Waals surface area contributed by atoms with E-state index in [-0.39, 0.29) is 29.4 Å². The quantitative estimate of drug-likeness (QED) is 0.599. The molecule has 0 aliphatic carbocycles. The maximum absolute atomic E-state index is 12.2. The van der Waals surface area contributed by atoms with Gasteiger partial charge in [0.2, 0.25) is 11.8 Å². The van der Waals surface area contributed by atoms with Crippen molar-refractivity contribution in [3.8, 4) is 0 Å². The van der Waals surface area contributed by atoms with Gasteiger partial charge in [-0.05, 0) is 25.6 Å². The fourth-order valence-electron chi connectivity index (χ4n) is 2.90. The van der Waals surface area contributed by atoms with E-state index in [2.05, 4.69) is 46.7 Å². The van der Waals surface area contributed by atoms with Gasteiger partial charge >= 0.3 is 0 Å². The molecule has 1 heterocycles. The molecule has 2 N–H and O–H groups in total. The molecule has 0 saturated heterocycles. The Morgan fingerprint density at radius 3 is 2.43 bits per heavy atom. The number of aryl methyl sites for hydroxylation is 1. The van der Waals surface area contributed by atoms with Crippen LogP contribution in [0, 0.1) is 6.92 Å². The Morgan fingerprint density at radius 1 is 1.14 bits per heavy atom. The molecule has 0 radical (unpaired) electrons. The van der Waals surface area contributed by atoms with Gasteiger partial charge in [0, 0.05) is 12.6 Å². The Labute approximate surface area is 170 Å². The Kier molecular flexibility index (Phi) is 9.03. The number of nitrogens with zero attached hydrogens (tertiary/aromatic N) is 2. The molecule has 0 aliphatic rings. The van der Waals surface area contributed by atoms with Gasteiger partial charge in [0.15, 0.2) is 5.82 Å². The van der Waals surface area contributed by atoms with E-state index in [4.69, 9.17) is 4.52 Å². The van der Waals surface area contributed by atoms with Gasteiger partial charge in [0.25, 0.3) is 0 Å². The largest absolute Gasteiger partial charge is 0.360 e. The van der Waals surface area contributed by atoms with E-state index >= 15 is 0 Å². The fourth-order valence-corrected chi connectivity index (χ4v) is 3.55. The van der Waals surface area contributed by atoms with Crippen molar-refractivity contribution >= 4 is 29.4 Å². The number of anilines is 1. The van der Waals surface area contributed by atoms with Crippen LogP contribution in [-0.4, -0.2) is 53.0 Å². The highest BCUT2D eigenvalue weighted by molar-refractivity contribution is 8.00. The van der Waals surface area contributed by atoms with Crippen LogP contribution in [0.5, 0.6) is 0 Å². The highest BCUT2D eigenvalue weighted by Crippen LogP contribution is 2.19. The minimum absolute atomic E-state index is 0.0804. The van der Waals surface area contributed by atoms with Gasteiger partial charge in [-0.1, -0.05) is 49.3 Å². The number of likely N-dealkylation sites (N-methyl/N-ethyl adjacent to an activating group) is 1. The summed E-state index contributed by atoms with van der Waals surface area (Å²) in [6.45, 7) is 8.33. The second kappa shape index (κ2) is 11.5. The lowest BCUT2D eigenvalue weighted by molar-refractivity contribution is -0.118. The van der Waals surface area contributed by atoms with Crippen LogP contribution in [0.1, 0.15) is 31.2 Å². The second-order valence-electron chi connectivity index (χ2n) is 6.32.